The van der Waals surface area contributed by atoms with Gasteiger partial charge in [0, 0.05) is 23.8 Å². The average molecular weight is 308 g/mol. The van der Waals surface area contributed by atoms with Crippen molar-refractivity contribution >= 4 is 22.3 Å². The number of para-hydroxylation sites is 1. The van der Waals surface area contributed by atoms with Crippen LogP contribution < -0.4 is 10.7 Å². The van der Waals surface area contributed by atoms with Crippen LogP contribution in [0, 0.1) is 0 Å². The topological polar surface area (TPSA) is 47.1 Å². The van der Waals surface area contributed by atoms with Crippen LogP contribution in [0.4, 0.5) is 11.4 Å². The summed E-state index contributed by atoms with van der Waals surface area (Å²) in [6.07, 6.45) is 6.76. The number of hydrogen-bond acceptors (Lipinski definition) is 3. The van der Waals surface area contributed by atoms with Crippen molar-refractivity contribution in [3.05, 3.63) is 54.5 Å². The van der Waals surface area contributed by atoms with E-state index in [2.05, 4.69) is 58.8 Å². The highest BCUT2D eigenvalue weighted by Crippen LogP contribution is 2.28. The number of nitrogens with two attached hydrogens (primary N) is 1. The second-order valence-corrected chi connectivity index (χ2v) is 5.77. The summed E-state index contributed by atoms with van der Waals surface area (Å²) in [6.45, 7) is 5.33. The van der Waals surface area contributed by atoms with Crippen LogP contribution in [0.3, 0.4) is 0 Å². The minimum absolute atomic E-state index is 0.712. The highest BCUT2D eigenvalue weighted by Gasteiger charge is 2.17. The summed E-state index contributed by atoms with van der Waals surface area (Å²) in [5, 5.41) is 3.56. The second-order valence-electron chi connectivity index (χ2n) is 5.77. The van der Waals surface area contributed by atoms with Crippen molar-refractivity contribution in [1.29, 1.82) is 0 Å². The number of nitrogens with zero attached hydrogens (tertiary/aromatic N) is 3. The van der Waals surface area contributed by atoms with E-state index in [1.807, 2.05) is 12.3 Å². The Kier molecular flexibility index (Phi) is 4.51. The molecule has 0 aliphatic rings. The number of anilines is 2. The Morgan fingerprint density at radius 1 is 1.17 bits per heavy atom. The molecule has 0 fully saturated rings. The number of nitrogen functional groups attached to an aromatic ring is 1. The van der Waals surface area contributed by atoms with Gasteiger partial charge in [0.25, 0.3) is 0 Å². The molecule has 23 heavy (non-hydrogen) atoms. The van der Waals surface area contributed by atoms with E-state index >= 15 is 0 Å². The molecule has 0 unspecified atom stereocenters. The third-order valence-electron chi connectivity index (χ3n) is 4.19. The molecule has 0 amide bonds. The summed E-state index contributed by atoms with van der Waals surface area (Å²) in [5.74, 6) is 0. The van der Waals surface area contributed by atoms with E-state index in [1.54, 1.807) is 6.20 Å². The lowest BCUT2D eigenvalue weighted by Gasteiger charge is -2.29. The number of rotatable bonds is 6. The van der Waals surface area contributed by atoms with Crippen LogP contribution in [-0.4, -0.2) is 16.2 Å². The van der Waals surface area contributed by atoms with Crippen molar-refractivity contribution in [3.63, 3.8) is 0 Å². The van der Waals surface area contributed by atoms with Gasteiger partial charge in [0.1, 0.15) is 0 Å². The van der Waals surface area contributed by atoms with Crippen LogP contribution >= 0.6 is 0 Å². The van der Waals surface area contributed by atoms with Crippen molar-refractivity contribution in [2.75, 3.05) is 17.3 Å². The Morgan fingerprint density at radius 3 is 2.74 bits per heavy atom. The summed E-state index contributed by atoms with van der Waals surface area (Å²) in [4.78, 5) is 4.13. The van der Waals surface area contributed by atoms with Crippen LogP contribution in [0.25, 0.3) is 10.9 Å². The molecule has 2 N–H and O–H groups in total. The average Bonchev–Trinajstić information content (AvgIpc) is 2.95. The number of unbranched alkanes of at least 4 members (excludes halogenated alkanes) is 1. The SMILES string of the molecule is CCCCN(c1ccncc1N)n1c(CC)cc2ccccc21. The van der Waals surface area contributed by atoms with E-state index in [4.69, 9.17) is 5.73 Å². The van der Waals surface area contributed by atoms with E-state index in [1.165, 1.54) is 16.6 Å². The number of fused-ring (bicyclic) bond motifs is 1. The van der Waals surface area contributed by atoms with Crippen LogP contribution in [0.5, 0.6) is 0 Å². The molecule has 0 radical (unpaired) electrons. The van der Waals surface area contributed by atoms with Gasteiger partial charge in [0.05, 0.1) is 23.1 Å². The molecule has 2 aromatic heterocycles. The van der Waals surface area contributed by atoms with Gasteiger partial charge in [-0.15, -0.1) is 0 Å². The fourth-order valence-electron chi connectivity index (χ4n) is 3.01. The zero-order valence-corrected chi connectivity index (χ0v) is 13.9. The van der Waals surface area contributed by atoms with Gasteiger partial charge < -0.3 is 5.73 Å². The van der Waals surface area contributed by atoms with Crippen LogP contribution in [0.15, 0.2) is 48.8 Å². The quantitative estimate of drug-likeness (QED) is 0.740. The molecule has 0 aliphatic heterocycles. The van der Waals surface area contributed by atoms with E-state index in [-0.39, 0.29) is 0 Å². The molecular formula is C19H24N4. The van der Waals surface area contributed by atoms with Gasteiger partial charge in [-0.2, -0.15) is 0 Å². The molecular weight excluding hydrogens is 284 g/mol. The molecule has 4 heteroatoms. The highest BCUT2D eigenvalue weighted by atomic mass is 15.6. The molecule has 0 spiro atoms. The third-order valence-corrected chi connectivity index (χ3v) is 4.19. The lowest BCUT2D eigenvalue weighted by atomic mass is 10.2. The molecule has 2 heterocycles. The number of pyridine rings is 1. The summed E-state index contributed by atoms with van der Waals surface area (Å²) in [7, 11) is 0. The molecule has 0 bridgehead atoms. The number of hydrogen-bond donors (Lipinski definition) is 1. The third kappa shape index (κ3) is 2.89. The molecule has 0 aliphatic carbocycles. The summed E-state index contributed by atoms with van der Waals surface area (Å²) < 4.78 is 2.32. The molecule has 4 nitrogen and oxygen atoms in total. The lowest BCUT2D eigenvalue weighted by molar-refractivity contribution is 0.644. The van der Waals surface area contributed by atoms with Gasteiger partial charge in [-0.3, -0.25) is 14.7 Å². The van der Waals surface area contributed by atoms with Gasteiger partial charge in [0.15, 0.2) is 0 Å². The predicted molar refractivity (Wildman–Crippen MR) is 97.6 cm³/mol. The van der Waals surface area contributed by atoms with Crippen molar-refractivity contribution in [2.24, 2.45) is 0 Å². The molecule has 1 aromatic carbocycles. The van der Waals surface area contributed by atoms with Crippen LogP contribution in [0.1, 0.15) is 32.4 Å². The molecule has 3 aromatic rings. The number of benzene rings is 1. The van der Waals surface area contributed by atoms with Gasteiger partial charge in [-0.25, -0.2) is 0 Å². The zero-order chi connectivity index (χ0) is 16.2. The van der Waals surface area contributed by atoms with E-state index in [0.717, 1.165) is 31.5 Å². The first-order chi connectivity index (χ1) is 11.3. The molecule has 0 saturated carbocycles. The molecule has 3 rings (SSSR count). The van der Waals surface area contributed by atoms with E-state index in [9.17, 15) is 0 Å². The molecule has 0 saturated heterocycles. The fourth-order valence-corrected chi connectivity index (χ4v) is 3.01. The first kappa shape index (κ1) is 15.4. The normalized spacial score (nSPS) is 11.0. The minimum Gasteiger partial charge on any atom is -0.396 e. The van der Waals surface area contributed by atoms with Gasteiger partial charge >= 0.3 is 0 Å². The number of aromatic nitrogens is 2. The summed E-state index contributed by atoms with van der Waals surface area (Å²) >= 11 is 0. The molecule has 120 valence electrons. The Morgan fingerprint density at radius 2 is 2.00 bits per heavy atom. The Balaban J connectivity index is 2.19. The Bertz CT molecular complexity index is 791. The fraction of sp³-hybridized carbons (Fsp3) is 0.316. The predicted octanol–water partition coefficient (Wildman–Crippen LogP) is 4.25. The van der Waals surface area contributed by atoms with Crippen LogP contribution in [0.2, 0.25) is 0 Å². The van der Waals surface area contributed by atoms with Crippen LogP contribution in [-0.2, 0) is 6.42 Å². The van der Waals surface area contributed by atoms with Crippen molar-refractivity contribution in [1.82, 2.24) is 9.66 Å². The largest absolute Gasteiger partial charge is 0.396 e. The Hall–Kier alpha value is -2.49. The van der Waals surface area contributed by atoms with E-state index in [0.29, 0.717) is 5.69 Å². The Labute approximate surface area is 137 Å². The second kappa shape index (κ2) is 6.73. The van der Waals surface area contributed by atoms with Crippen molar-refractivity contribution < 1.29 is 0 Å². The first-order valence-electron chi connectivity index (χ1n) is 8.33. The van der Waals surface area contributed by atoms with Crippen molar-refractivity contribution in [2.45, 2.75) is 33.1 Å². The van der Waals surface area contributed by atoms with E-state index < -0.39 is 0 Å². The van der Waals surface area contributed by atoms with Gasteiger partial charge in [-0.05, 0) is 31.0 Å². The lowest BCUT2D eigenvalue weighted by Crippen LogP contribution is -2.32. The maximum Gasteiger partial charge on any atom is 0.0838 e. The highest BCUT2D eigenvalue weighted by molar-refractivity contribution is 5.83. The first-order valence-corrected chi connectivity index (χ1v) is 8.33. The van der Waals surface area contributed by atoms with Gasteiger partial charge in [-0.1, -0.05) is 38.5 Å². The van der Waals surface area contributed by atoms with Gasteiger partial charge in [0.2, 0.25) is 0 Å². The monoisotopic (exact) mass is 308 g/mol. The maximum atomic E-state index is 6.22. The minimum atomic E-state index is 0.712. The standard InChI is InChI=1S/C19H24N4/c1-3-5-12-22(19-10-11-21-14-17(19)20)23-16(4-2)13-15-8-6-7-9-18(15)23/h6-11,13-14H,3-5,12,20H2,1-2H3. The smallest absolute Gasteiger partial charge is 0.0838 e. The zero-order valence-electron chi connectivity index (χ0n) is 13.9. The summed E-state index contributed by atoms with van der Waals surface area (Å²) in [6, 6.07) is 12.8. The number of aryl methyl sites for hydroxylation is 1. The summed E-state index contributed by atoms with van der Waals surface area (Å²) in [5.41, 5.74) is 10.5. The maximum absolute atomic E-state index is 6.22. The molecule has 0 atom stereocenters. The van der Waals surface area contributed by atoms with Crippen molar-refractivity contribution in [3.8, 4) is 0 Å².